The van der Waals surface area contributed by atoms with Gasteiger partial charge in [0.2, 0.25) is 0 Å². The van der Waals surface area contributed by atoms with Crippen LogP contribution in [-0.2, 0) is 0 Å². The van der Waals surface area contributed by atoms with Crippen molar-refractivity contribution >= 4 is 11.9 Å². The average Bonchev–Trinajstić information content (AvgIpc) is 2.56. The van der Waals surface area contributed by atoms with Crippen LogP contribution in [0.1, 0.15) is 10.4 Å². The second-order valence-electron chi connectivity index (χ2n) is 1.99. The maximum atomic E-state index is 11.0. The highest BCUT2D eigenvalue weighted by Crippen LogP contribution is 1.98. The van der Waals surface area contributed by atoms with Gasteiger partial charge in [-0.1, -0.05) is 0 Å². The van der Waals surface area contributed by atoms with Gasteiger partial charge in [0, 0.05) is 7.05 Å². The lowest BCUT2D eigenvalue weighted by atomic mass is 10.3. The van der Waals surface area contributed by atoms with Gasteiger partial charge in [-0.3, -0.25) is 10.1 Å². The molecule has 3 amide bonds. The Morgan fingerprint density at radius 2 is 2.33 bits per heavy atom. The molecule has 1 aromatic heterocycles. The van der Waals surface area contributed by atoms with Crippen molar-refractivity contribution in [2.75, 3.05) is 7.05 Å². The number of nitrogens with zero attached hydrogens (tertiary/aromatic N) is 1. The first kappa shape index (κ1) is 8.32. The molecule has 1 N–H and O–H groups in total. The summed E-state index contributed by atoms with van der Waals surface area (Å²) in [7, 11) is 1.30. The summed E-state index contributed by atoms with van der Waals surface area (Å²) in [6.07, 6.45) is 2.60. The molecule has 0 bridgehead atoms. The number of imide groups is 1. The van der Waals surface area contributed by atoms with Crippen LogP contribution >= 0.6 is 0 Å². The number of carbonyl (C=O) groups excluding carboxylic acids is 2. The van der Waals surface area contributed by atoms with Crippen LogP contribution in [0.3, 0.4) is 0 Å². The first-order valence-electron chi connectivity index (χ1n) is 3.21. The van der Waals surface area contributed by atoms with Crippen LogP contribution < -0.4 is 10.6 Å². The van der Waals surface area contributed by atoms with E-state index in [0.717, 1.165) is 0 Å². The monoisotopic (exact) mass is 167 g/mol. The van der Waals surface area contributed by atoms with Crippen LogP contribution in [0.4, 0.5) is 4.79 Å². The Bertz CT molecular complexity index is 279. The number of rotatable bonds is 1. The lowest BCUT2D eigenvalue weighted by molar-refractivity contribution is 0.0963. The van der Waals surface area contributed by atoms with Crippen LogP contribution in [0, 0.1) is 0 Å². The van der Waals surface area contributed by atoms with Gasteiger partial charge in [-0.05, 0) is 6.07 Å². The summed E-state index contributed by atoms with van der Waals surface area (Å²) in [5.41, 5.74) is 0.298. The standard InChI is InChI=1S/C7H7N2O3/c1-8-7(11)9-6(10)5-2-3-12-4-5/h2-4H,1H3,(H,9,10,11). The molecule has 12 heavy (non-hydrogen) atoms. The van der Waals surface area contributed by atoms with Crippen molar-refractivity contribution in [2.45, 2.75) is 0 Å². The van der Waals surface area contributed by atoms with Crippen LogP contribution in [0.2, 0.25) is 0 Å². The van der Waals surface area contributed by atoms with Gasteiger partial charge in [0.1, 0.15) is 6.26 Å². The van der Waals surface area contributed by atoms with Crippen LogP contribution in [0.25, 0.3) is 0 Å². The van der Waals surface area contributed by atoms with Gasteiger partial charge in [-0.25, -0.2) is 10.1 Å². The minimum Gasteiger partial charge on any atom is -0.472 e. The zero-order chi connectivity index (χ0) is 8.97. The number of furan rings is 1. The summed E-state index contributed by atoms with van der Waals surface area (Å²) in [6.45, 7) is 0. The van der Waals surface area contributed by atoms with E-state index in [0.29, 0.717) is 5.56 Å². The zero-order valence-electron chi connectivity index (χ0n) is 6.40. The smallest absolute Gasteiger partial charge is 0.342 e. The molecule has 0 aliphatic carbocycles. The van der Waals surface area contributed by atoms with E-state index in [1.54, 1.807) is 0 Å². The van der Waals surface area contributed by atoms with Crippen molar-refractivity contribution in [3.63, 3.8) is 0 Å². The van der Waals surface area contributed by atoms with Gasteiger partial charge >= 0.3 is 6.03 Å². The van der Waals surface area contributed by atoms with E-state index in [-0.39, 0.29) is 0 Å². The molecule has 1 radical (unpaired) electrons. The van der Waals surface area contributed by atoms with Crippen molar-refractivity contribution in [1.82, 2.24) is 10.6 Å². The fourth-order valence-corrected chi connectivity index (χ4v) is 0.619. The molecular formula is C7H7N2O3. The van der Waals surface area contributed by atoms with E-state index in [1.165, 1.54) is 25.6 Å². The molecule has 5 heteroatoms. The Hall–Kier alpha value is -1.78. The average molecular weight is 167 g/mol. The zero-order valence-corrected chi connectivity index (χ0v) is 6.40. The highest BCUT2D eigenvalue weighted by atomic mass is 16.3. The molecule has 0 spiro atoms. The van der Waals surface area contributed by atoms with Crippen molar-refractivity contribution in [1.29, 1.82) is 0 Å². The van der Waals surface area contributed by atoms with Crippen LogP contribution in [-0.4, -0.2) is 19.0 Å². The molecule has 0 saturated heterocycles. The number of nitrogens with one attached hydrogen (secondary N) is 1. The fraction of sp³-hybridized carbons (Fsp3) is 0.143. The maximum absolute atomic E-state index is 11.0. The van der Waals surface area contributed by atoms with Gasteiger partial charge in [-0.2, -0.15) is 0 Å². The minimum absolute atomic E-state index is 0.298. The molecule has 0 unspecified atom stereocenters. The largest absolute Gasteiger partial charge is 0.472 e. The molecular weight excluding hydrogens is 160 g/mol. The molecule has 0 aliphatic rings. The molecule has 63 valence electrons. The molecule has 0 aliphatic heterocycles. The van der Waals surface area contributed by atoms with E-state index < -0.39 is 11.9 Å². The Kier molecular flexibility index (Phi) is 2.47. The summed E-state index contributed by atoms with van der Waals surface area (Å²) >= 11 is 0. The van der Waals surface area contributed by atoms with E-state index in [4.69, 9.17) is 0 Å². The lowest BCUT2D eigenvalue weighted by Gasteiger charge is -1.97. The normalized spacial score (nSPS) is 9.08. The Morgan fingerprint density at radius 1 is 1.58 bits per heavy atom. The summed E-state index contributed by atoms with van der Waals surface area (Å²) in [4.78, 5) is 21.6. The summed E-state index contributed by atoms with van der Waals surface area (Å²) in [6, 6.07) is 0.791. The van der Waals surface area contributed by atoms with Gasteiger partial charge in [0.15, 0.2) is 0 Å². The van der Waals surface area contributed by atoms with Gasteiger partial charge in [0.25, 0.3) is 5.91 Å². The number of urea groups is 1. The molecule has 5 nitrogen and oxygen atoms in total. The molecule has 0 aromatic carbocycles. The predicted octanol–water partition coefficient (Wildman–Crippen LogP) is 0.364. The summed E-state index contributed by atoms with van der Waals surface area (Å²) in [5.74, 6) is -0.514. The number of hydrogen-bond donors (Lipinski definition) is 1. The second-order valence-corrected chi connectivity index (χ2v) is 1.99. The predicted molar refractivity (Wildman–Crippen MR) is 39.6 cm³/mol. The third kappa shape index (κ3) is 1.85. The summed E-state index contributed by atoms with van der Waals surface area (Å²) < 4.78 is 4.65. The topological polar surface area (TPSA) is 73.4 Å². The number of hydrogen-bond acceptors (Lipinski definition) is 3. The van der Waals surface area contributed by atoms with Gasteiger partial charge in [-0.15, -0.1) is 0 Å². The molecule has 0 saturated carbocycles. The first-order chi connectivity index (χ1) is 5.74. The molecule has 0 atom stereocenters. The van der Waals surface area contributed by atoms with Gasteiger partial charge < -0.3 is 4.42 Å². The molecule has 1 aromatic rings. The number of carbonyl (C=O) groups is 2. The van der Waals surface area contributed by atoms with Crippen molar-refractivity contribution in [3.05, 3.63) is 24.2 Å². The Labute approximate surface area is 68.7 Å². The van der Waals surface area contributed by atoms with E-state index >= 15 is 0 Å². The van der Waals surface area contributed by atoms with E-state index in [2.05, 4.69) is 9.73 Å². The van der Waals surface area contributed by atoms with Crippen LogP contribution in [0.5, 0.6) is 0 Å². The Morgan fingerprint density at radius 3 is 2.83 bits per heavy atom. The lowest BCUT2D eigenvalue weighted by Crippen LogP contribution is -2.33. The molecule has 0 fully saturated rings. The van der Waals surface area contributed by atoms with Crippen molar-refractivity contribution in [3.8, 4) is 0 Å². The van der Waals surface area contributed by atoms with Crippen LogP contribution in [0.15, 0.2) is 23.0 Å². The first-order valence-corrected chi connectivity index (χ1v) is 3.21. The minimum atomic E-state index is -0.666. The van der Waals surface area contributed by atoms with Crippen molar-refractivity contribution < 1.29 is 14.0 Å². The number of amides is 3. The third-order valence-corrected chi connectivity index (χ3v) is 1.21. The SMILES string of the molecule is C[N]C(=O)NC(=O)c1ccoc1. The fourth-order valence-electron chi connectivity index (χ4n) is 0.619. The van der Waals surface area contributed by atoms with Crippen molar-refractivity contribution in [2.24, 2.45) is 0 Å². The van der Waals surface area contributed by atoms with E-state index in [9.17, 15) is 9.59 Å². The molecule has 1 heterocycles. The Balaban J connectivity index is 2.56. The quantitative estimate of drug-likeness (QED) is 0.656. The molecule has 1 rings (SSSR count). The maximum Gasteiger partial charge on any atom is 0.342 e. The second kappa shape index (κ2) is 3.56. The third-order valence-electron chi connectivity index (χ3n) is 1.21. The van der Waals surface area contributed by atoms with E-state index in [1.807, 2.05) is 5.32 Å². The summed E-state index contributed by atoms with van der Waals surface area (Å²) in [5, 5.41) is 5.26. The highest BCUT2D eigenvalue weighted by Gasteiger charge is 2.09. The van der Waals surface area contributed by atoms with Gasteiger partial charge in [0.05, 0.1) is 11.8 Å². The highest BCUT2D eigenvalue weighted by molar-refractivity contribution is 6.03.